The molecule has 17 heavy (non-hydrogen) atoms. The average molecular weight is 273 g/mol. The predicted molar refractivity (Wildman–Crippen MR) is 67.6 cm³/mol. The quantitative estimate of drug-likeness (QED) is 0.803. The van der Waals surface area contributed by atoms with Crippen molar-refractivity contribution in [1.82, 2.24) is 4.98 Å². The van der Waals surface area contributed by atoms with Crippen molar-refractivity contribution in [3.05, 3.63) is 33.9 Å². The lowest BCUT2D eigenvalue weighted by Crippen LogP contribution is -2.32. The Morgan fingerprint density at radius 1 is 1.47 bits per heavy atom. The van der Waals surface area contributed by atoms with Gasteiger partial charge >= 0.3 is 5.97 Å². The van der Waals surface area contributed by atoms with Gasteiger partial charge in [-0.3, -0.25) is 4.79 Å². The molecule has 1 heterocycles. The van der Waals surface area contributed by atoms with Crippen molar-refractivity contribution in [3.8, 4) is 0 Å². The van der Waals surface area contributed by atoms with Crippen molar-refractivity contribution in [2.45, 2.75) is 12.5 Å². The lowest BCUT2D eigenvalue weighted by atomic mass is 10.1. The van der Waals surface area contributed by atoms with E-state index in [2.05, 4.69) is 4.98 Å². The van der Waals surface area contributed by atoms with Crippen molar-refractivity contribution in [2.24, 2.45) is 5.73 Å². The molecular formula is C11H10Cl2N2O2. The number of carboxylic acids is 1. The fourth-order valence-corrected chi connectivity index (χ4v) is 2.07. The van der Waals surface area contributed by atoms with Crippen LogP contribution in [0.1, 0.15) is 5.56 Å². The Labute approximate surface area is 107 Å². The molecular weight excluding hydrogens is 263 g/mol. The van der Waals surface area contributed by atoms with Gasteiger partial charge in [-0.1, -0.05) is 29.3 Å². The average Bonchev–Trinajstić information content (AvgIpc) is 2.67. The van der Waals surface area contributed by atoms with Gasteiger partial charge in [0.05, 0.1) is 15.6 Å². The number of carbonyl (C=O) groups is 1. The molecule has 0 aliphatic carbocycles. The summed E-state index contributed by atoms with van der Waals surface area (Å²) >= 11 is 11.9. The summed E-state index contributed by atoms with van der Waals surface area (Å²) in [5.41, 5.74) is 7.01. The van der Waals surface area contributed by atoms with Crippen molar-refractivity contribution in [1.29, 1.82) is 0 Å². The highest BCUT2D eigenvalue weighted by atomic mass is 35.5. The van der Waals surface area contributed by atoms with Crippen LogP contribution >= 0.6 is 23.2 Å². The Morgan fingerprint density at radius 3 is 2.82 bits per heavy atom. The van der Waals surface area contributed by atoms with Crippen LogP contribution in [0.25, 0.3) is 10.9 Å². The van der Waals surface area contributed by atoms with Gasteiger partial charge in [-0.25, -0.2) is 0 Å². The smallest absolute Gasteiger partial charge is 0.320 e. The molecule has 0 amide bonds. The molecule has 0 spiro atoms. The number of rotatable bonds is 3. The van der Waals surface area contributed by atoms with Crippen molar-refractivity contribution < 1.29 is 9.90 Å². The number of benzene rings is 1. The summed E-state index contributed by atoms with van der Waals surface area (Å²) in [6.45, 7) is 0. The minimum atomic E-state index is -1.03. The number of aliphatic carboxylic acids is 1. The van der Waals surface area contributed by atoms with E-state index in [0.29, 0.717) is 15.6 Å². The third-order valence-electron chi connectivity index (χ3n) is 2.59. The van der Waals surface area contributed by atoms with E-state index in [9.17, 15) is 4.79 Å². The Hall–Kier alpha value is -1.23. The number of H-pyrrole nitrogens is 1. The van der Waals surface area contributed by atoms with E-state index in [0.717, 1.165) is 10.9 Å². The molecule has 1 atom stereocenters. The van der Waals surface area contributed by atoms with Crippen molar-refractivity contribution in [3.63, 3.8) is 0 Å². The zero-order chi connectivity index (χ0) is 12.6. The molecule has 2 rings (SSSR count). The number of hydrogen-bond donors (Lipinski definition) is 3. The maximum atomic E-state index is 10.7. The van der Waals surface area contributed by atoms with Crippen LogP contribution < -0.4 is 5.73 Å². The first-order chi connectivity index (χ1) is 8.00. The highest BCUT2D eigenvalue weighted by Gasteiger charge is 2.16. The summed E-state index contributed by atoms with van der Waals surface area (Å²) in [4.78, 5) is 13.7. The van der Waals surface area contributed by atoms with Crippen LogP contribution in [0.2, 0.25) is 10.0 Å². The maximum absolute atomic E-state index is 10.7. The van der Waals surface area contributed by atoms with Crippen LogP contribution in [0.15, 0.2) is 18.3 Å². The van der Waals surface area contributed by atoms with Crippen molar-refractivity contribution >= 4 is 40.1 Å². The summed E-state index contributed by atoms with van der Waals surface area (Å²) < 4.78 is 0. The number of halogens is 2. The van der Waals surface area contributed by atoms with Crippen LogP contribution in [0.3, 0.4) is 0 Å². The fraction of sp³-hybridized carbons (Fsp3) is 0.182. The molecule has 90 valence electrons. The van der Waals surface area contributed by atoms with Crippen LogP contribution in [0.4, 0.5) is 0 Å². The summed E-state index contributed by atoms with van der Waals surface area (Å²) in [7, 11) is 0. The van der Waals surface area contributed by atoms with Gasteiger partial charge in [-0.2, -0.15) is 0 Å². The van der Waals surface area contributed by atoms with Crippen molar-refractivity contribution in [2.75, 3.05) is 0 Å². The first kappa shape index (κ1) is 12.2. The molecule has 0 bridgehead atoms. The van der Waals surface area contributed by atoms with E-state index in [1.807, 2.05) is 0 Å². The van der Waals surface area contributed by atoms with E-state index >= 15 is 0 Å². The molecule has 4 nitrogen and oxygen atoms in total. The number of aromatic amines is 1. The fourth-order valence-electron chi connectivity index (χ4n) is 1.69. The van der Waals surface area contributed by atoms with E-state index in [4.69, 9.17) is 34.0 Å². The minimum absolute atomic E-state index is 0.243. The van der Waals surface area contributed by atoms with Gasteiger partial charge in [-0.05, 0) is 11.6 Å². The normalized spacial score (nSPS) is 12.9. The summed E-state index contributed by atoms with van der Waals surface area (Å²) in [6, 6.07) is 2.54. The number of fused-ring (bicyclic) bond motifs is 1. The van der Waals surface area contributed by atoms with E-state index in [1.54, 1.807) is 18.3 Å². The number of nitrogens with two attached hydrogens (primary N) is 1. The van der Waals surface area contributed by atoms with Gasteiger partial charge in [0.15, 0.2) is 0 Å². The summed E-state index contributed by atoms with van der Waals surface area (Å²) in [6.07, 6.45) is 1.95. The van der Waals surface area contributed by atoms with Crippen LogP contribution in [0, 0.1) is 0 Å². The third kappa shape index (κ3) is 2.24. The molecule has 0 saturated heterocycles. The molecule has 2 aromatic rings. The summed E-state index contributed by atoms with van der Waals surface area (Å²) in [5.74, 6) is -1.03. The van der Waals surface area contributed by atoms with Gasteiger partial charge in [0, 0.05) is 18.0 Å². The van der Waals surface area contributed by atoms with Gasteiger partial charge in [0.25, 0.3) is 0 Å². The van der Waals surface area contributed by atoms with E-state index in [1.165, 1.54) is 0 Å². The number of carboxylic acid groups (broad SMARTS) is 1. The zero-order valence-electron chi connectivity index (χ0n) is 8.71. The standard InChI is InChI=1S/C11H10Cl2N2O2/c12-7-2-1-6-5(3-8(14)11(16)17)4-15-10(6)9(7)13/h1-2,4,8,15H,3,14H2,(H,16,17)/t8-/m0/s1. The predicted octanol–water partition coefficient (Wildman–Crippen LogP) is 2.43. The van der Waals surface area contributed by atoms with Gasteiger partial charge in [-0.15, -0.1) is 0 Å². The highest BCUT2D eigenvalue weighted by molar-refractivity contribution is 6.45. The zero-order valence-corrected chi connectivity index (χ0v) is 10.2. The van der Waals surface area contributed by atoms with Gasteiger partial charge in [0.1, 0.15) is 6.04 Å². The van der Waals surface area contributed by atoms with Gasteiger partial charge < -0.3 is 15.8 Å². The maximum Gasteiger partial charge on any atom is 0.320 e. The number of nitrogens with one attached hydrogen (secondary N) is 1. The molecule has 0 unspecified atom stereocenters. The second kappa shape index (κ2) is 4.56. The van der Waals surface area contributed by atoms with Gasteiger partial charge in [0.2, 0.25) is 0 Å². The second-order valence-electron chi connectivity index (χ2n) is 3.75. The Bertz CT molecular complexity index is 580. The second-order valence-corrected chi connectivity index (χ2v) is 4.53. The molecule has 0 radical (unpaired) electrons. The largest absolute Gasteiger partial charge is 0.480 e. The van der Waals surface area contributed by atoms with Crippen LogP contribution in [-0.4, -0.2) is 22.1 Å². The Kier molecular flexibility index (Phi) is 3.28. The van der Waals surface area contributed by atoms with Crippen LogP contribution in [0.5, 0.6) is 0 Å². The van der Waals surface area contributed by atoms with Crippen LogP contribution in [-0.2, 0) is 11.2 Å². The molecule has 0 saturated carbocycles. The third-order valence-corrected chi connectivity index (χ3v) is 3.39. The molecule has 4 N–H and O–H groups in total. The lowest BCUT2D eigenvalue weighted by Gasteiger charge is -2.05. The summed E-state index contributed by atoms with van der Waals surface area (Å²) in [5, 5.41) is 10.5. The molecule has 1 aromatic carbocycles. The minimum Gasteiger partial charge on any atom is -0.480 e. The van der Waals surface area contributed by atoms with E-state index < -0.39 is 12.0 Å². The lowest BCUT2D eigenvalue weighted by molar-refractivity contribution is -0.138. The first-order valence-corrected chi connectivity index (χ1v) is 5.68. The van der Waals surface area contributed by atoms with E-state index in [-0.39, 0.29) is 6.42 Å². The Balaban J connectivity index is 2.44. The molecule has 1 aromatic heterocycles. The molecule has 0 aliphatic rings. The molecule has 0 fully saturated rings. The first-order valence-electron chi connectivity index (χ1n) is 4.93. The molecule has 0 aliphatic heterocycles. The topological polar surface area (TPSA) is 79.1 Å². The monoisotopic (exact) mass is 272 g/mol. The molecule has 6 heteroatoms. The SMILES string of the molecule is N[C@@H](Cc1c[nH]c2c(Cl)c(Cl)ccc12)C(=O)O. The number of aromatic nitrogens is 1. The Morgan fingerprint density at radius 2 is 2.18 bits per heavy atom. The highest BCUT2D eigenvalue weighted by Crippen LogP contribution is 2.31. The number of hydrogen-bond acceptors (Lipinski definition) is 2.